The molecule has 2 aromatic rings. The Morgan fingerprint density at radius 2 is 2.00 bits per heavy atom. The lowest BCUT2D eigenvalue weighted by Gasteiger charge is -2.20. The van der Waals surface area contributed by atoms with Crippen molar-refractivity contribution >= 4 is 0 Å². The molecule has 142 valence electrons. The van der Waals surface area contributed by atoms with Crippen molar-refractivity contribution in [2.75, 3.05) is 6.54 Å². The second-order valence-corrected chi connectivity index (χ2v) is 6.58. The summed E-state index contributed by atoms with van der Waals surface area (Å²) in [5, 5.41) is 14.4. The highest BCUT2D eigenvalue weighted by molar-refractivity contribution is 5.27. The maximum absolute atomic E-state index is 14.0. The smallest absolute Gasteiger partial charge is 0.387 e. The van der Waals surface area contributed by atoms with E-state index in [1.165, 1.54) is 0 Å². The number of aromatic nitrogens is 2. The van der Waals surface area contributed by atoms with Crippen molar-refractivity contribution in [1.82, 2.24) is 14.7 Å². The highest BCUT2D eigenvalue weighted by Crippen LogP contribution is 2.31. The van der Waals surface area contributed by atoms with Crippen LogP contribution in [0.4, 0.5) is 17.6 Å². The summed E-state index contributed by atoms with van der Waals surface area (Å²) in [5.74, 6) is -0.641. The van der Waals surface area contributed by atoms with Gasteiger partial charge in [-0.2, -0.15) is 18.3 Å². The van der Waals surface area contributed by atoms with Crippen molar-refractivity contribution in [1.29, 1.82) is 0 Å². The molecule has 1 N–H and O–H groups in total. The van der Waals surface area contributed by atoms with Crippen LogP contribution in [0.2, 0.25) is 0 Å². The third-order valence-electron chi connectivity index (χ3n) is 4.61. The lowest BCUT2D eigenvalue weighted by Crippen LogP contribution is -2.23. The lowest BCUT2D eigenvalue weighted by molar-refractivity contribution is -0.137. The van der Waals surface area contributed by atoms with Crippen LogP contribution < -0.4 is 0 Å². The van der Waals surface area contributed by atoms with E-state index in [0.717, 1.165) is 30.3 Å². The zero-order valence-electron chi connectivity index (χ0n) is 14.4. The maximum atomic E-state index is 14.0. The molecule has 1 unspecified atom stereocenters. The van der Waals surface area contributed by atoms with Crippen molar-refractivity contribution < 1.29 is 22.7 Å². The zero-order chi connectivity index (χ0) is 18.9. The van der Waals surface area contributed by atoms with Crippen molar-refractivity contribution in [3.63, 3.8) is 0 Å². The van der Waals surface area contributed by atoms with Crippen LogP contribution in [-0.2, 0) is 25.8 Å². The third kappa shape index (κ3) is 4.07. The Morgan fingerprint density at radius 1 is 1.23 bits per heavy atom. The average Bonchev–Trinajstić information content (AvgIpc) is 2.88. The predicted octanol–water partition coefficient (Wildman–Crippen LogP) is 3.89. The van der Waals surface area contributed by atoms with Crippen LogP contribution in [0, 0.1) is 5.82 Å². The van der Waals surface area contributed by atoms with E-state index in [1.54, 1.807) is 0 Å². The van der Waals surface area contributed by atoms with Crippen LogP contribution in [0.3, 0.4) is 0 Å². The number of alkyl halides is 3. The molecule has 1 atom stereocenters. The van der Waals surface area contributed by atoms with Gasteiger partial charge in [0.15, 0.2) is 0 Å². The Hall–Kier alpha value is -1.93. The highest BCUT2D eigenvalue weighted by atomic mass is 19.4. The summed E-state index contributed by atoms with van der Waals surface area (Å²) < 4.78 is 54.5. The number of aliphatic hydroxyl groups is 1. The summed E-state index contributed by atoms with van der Waals surface area (Å²) in [4.78, 5) is 1.90. The third-order valence-corrected chi connectivity index (χ3v) is 4.61. The highest BCUT2D eigenvalue weighted by Gasteiger charge is 2.31. The standard InChI is InChI=1S/C18H21F4N3O/c1-2-17(26)16-9-14-11-24(6-3-7-25(14)23-16)10-12-8-13(18(20,21)22)4-5-15(12)19/h4-5,8-9,17,26H,2-3,6-7,10-11H2,1H3. The number of aryl methyl sites for hydroxylation is 1. The summed E-state index contributed by atoms with van der Waals surface area (Å²) in [5.41, 5.74) is 0.649. The van der Waals surface area contributed by atoms with Gasteiger partial charge in [0.05, 0.1) is 23.1 Å². The lowest BCUT2D eigenvalue weighted by atomic mass is 10.1. The van der Waals surface area contributed by atoms with Gasteiger partial charge in [0.2, 0.25) is 0 Å². The zero-order valence-corrected chi connectivity index (χ0v) is 14.4. The van der Waals surface area contributed by atoms with Gasteiger partial charge < -0.3 is 5.11 Å². The second-order valence-electron chi connectivity index (χ2n) is 6.58. The molecule has 1 aromatic heterocycles. The first-order valence-electron chi connectivity index (χ1n) is 8.60. The van der Waals surface area contributed by atoms with E-state index in [9.17, 15) is 22.7 Å². The monoisotopic (exact) mass is 371 g/mol. The van der Waals surface area contributed by atoms with Crippen LogP contribution in [0.25, 0.3) is 0 Å². The van der Waals surface area contributed by atoms with Crippen LogP contribution in [-0.4, -0.2) is 26.3 Å². The van der Waals surface area contributed by atoms with Gasteiger partial charge >= 0.3 is 6.18 Å². The Balaban J connectivity index is 1.80. The molecule has 0 saturated carbocycles. The Kier molecular flexibility index (Phi) is 5.34. The molecule has 0 amide bonds. The van der Waals surface area contributed by atoms with Crippen molar-refractivity contribution in [3.05, 3.63) is 52.6 Å². The van der Waals surface area contributed by atoms with Crippen LogP contribution in [0.15, 0.2) is 24.3 Å². The summed E-state index contributed by atoms with van der Waals surface area (Å²) in [6.45, 7) is 3.68. The number of rotatable bonds is 4. The van der Waals surface area contributed by atoms with E-state index >= 15 is 0 Å². The fraction of sp³-hybridized carbons (Fsp3) is 0.500. The van der Waals surface area contributed by atoms with Gasteiger partial charge in [-0.05, 0) is 37.1 Å². The molecule has 8 heteroatoms. The molecule has 0 spiro atoms. The molecular formula is C18H21F4N3O. The minimum absolute atomic E-state index is 0.0293. The second kappa shape index (κ2) is 7.36. The summed E-state index contributed by atoms with van der Waals surface area (Å²) in [7, 11) is 0. The Bertz CT molecular complexity index is 772. The molecule has 1 aromatic carbocycles. The van der Waals surface area contributed by atoms with Gasteiger partial charge in [-0.25, -0.2) is 4.39 Å². The Morgan fingerprint density at radius 3 is 2.69 bits per heavy atom. The van der Waals surface area contributed by atoms with Gasteiger partial charge in [0, 0.05) is 31.7 Å². The van der Waals surface area contributed by atoms with E-state index in [0.29, 0.717) is 31.7 Å². The van der Waals surface area contributed by atoms with E-state index in [-0.39, 0.29) is 12.1 Å². The van der Waals surface area contributed by atoms with Gasteiger partial charge in [0.1, 0.15) is 5.82 Å². The first-order valence-corrected chi connectivity index (χ1v) is 8.60. The SMILES string of the molecule is CCC(O)c1cc2n(n1)CCCN(Cc1cc(C(F)(F)F)ccc1F)C2. The van der Waals surface area contributed by atoms with E-state index in [2.05, 4.69) is 5.10 Å². The van der Waals surface area contributed by atoms with E-state index in [4.69, 9.17) is 0 Å². The molecule has 2 heterocycles. The van der Waals surface area contributed by atoms with E-state index in [1.807, 2.05) is 22.6 Å². The number of hydrogen-bond donors (Lipinski definition) is 1. The van der Waals surface area contributed by atoms with Gasteiger partial charge in [-0.3, -0.25) is 9.58 Å². The van der Waals surface area contributed by atoms with E-state index < -0.39 is 23.7 Å². The quantitative estimate of drug-likeness (QED) is 0.829. The molecule has 0 aliphatic carbocycles. The molecule has 0 fully saturated rings. The normalized spacial score (nSPS) is 17.0. The van der Waals surface area contributed by atoms with Crippen LogP contribution in [0.1, 0.15) is 48.4 Å². The first kappa shape index (κ1) is 18.8. The van der Waals surface area contributed by atoms with Crippen LogP contribution in [0.5, 0.6) is 0 Å². The maximum Gasteiger partial charge on any atom is 0.416 e. The average molecular weight is 371 g/mol. The number of benzene rings is 1. The topological polar surface area (TPSA) is 41.3 Å². The number of hydrogen-bond acceptors (Lipinski definition) is 3. The van der Waals surface area contributed by atoms with Gasteiger partial charge in [-0.1, -0.05) is 6.92 Å². The van der Waals surface area contributed by atoms with Crippen molar-refractivity contribution in [2.24, 2.45) is 0 Å². The van der Waals surface area contributed by atoms with Crippen molar-refractivity contribution in [2.45, 2.75) is 51.7 Å². The molecule has 1 aliphatic rings. The molecular weight excluding hydrogens is 350 g/mol. The minimum atomic E-state index is -4.49. The predicted molar refractivity (Wildman–Crippen MR) is 87.6 cm³/mol. The van der Waals surface area contributed by atoms with Crippen LogP contribution >= 0.6 is 0 Å². The molecule has 0 bridgehead atoms. The number of halogens is 4. The molecule has 26 heavy (non-hydrogen) atoms. The molecule has 3 rings (SSSR count). The fourth-order valence-corrected chi connectivity index (χ4v) is 3.17. The minimum Gasteiger partial charge on any atom is -0.387 e. The number of fused-ring (bicyclic) bond motifs is 1. The summed E-state index contributed by atoms with van der Waals surface area (Å²) in [6.07, 6.45) is -3.83. The first-order chi connectivity index (χ1) is 12.3. The number of aliphatic hydroxyl groups excluding tert-OH is 1. The number of nitrogens with zero attached hydrogens (tertiary/aromatic N) is 3. The largest absolute Gasteiger partial charge is 0.416 e. The molecule has 0 saturated heterocycles. The van der Waals surface area contributed by atoms with Gasteiger partial charge in [0.25, 0.3) is 0 Å². The fourth-order valence-electron chi connectivity index (χ4n) is 3.17. The molecule has 1 aliphatic heterocycles. The summed E-state index contributed by atoms with van der Waals surface area (Å²) >= 11 is 0. The summed E-state index contributed by atoms with van der Waals surface area (Å²) in [6, 6.07) is 4.32. The molecule has 0 radical (unpaired) electrons. The Labute approximate surface area is 149 Å². The van der Waals surface area contributed by atoms with Gasteiger partial charge in [-0.15, -0.1) is 0 Å². The molecule has 4 nitrogen and oxygen atoms in total. The van der Waals surface area contributed by atoms with Crippen molar-refractivity contribution in [3.8, 4) is 0 Å².